The highest BCUT2D eigenvalue weighted by atomic mass is 79.9. The molecule has 15 heavy (non-hydrogen) atoms. The molecule has 0 aromatic heterocycles. The summed E-state index contributed by atoms with van der Waals surface area (Å²) in [4.78, 5) is 0. The summed E-state index contributed by atoms with van der Waals surface area (Å²) in [6, 6.07) is 7.72. The van der Waals surface area contributed by atoms with Crippen LogP contribution in [0.2, 0.25) is 0 Å². The Morgan fingerprint density at radius 1 is 1.40 bits per heavy atom. The Kier molecular flexibility index (Phi) is 4.03. The van der Waals surface area contributed by atoms with Crippen molar-refractivity contribution in [3.8, 4) is 12.1 Å². The lowest BCUT2D eigenvalue weighted by Crippen LogP contribution is -1.87. The Morgan fingerprint density at radius 2 is 2.07 bits per heavy atom. The highest BCUT2D eigenvalue weighted by Crippen LogP contribution is 2.17. The van der Waals surface area contributed by atoms with E-state index in [1.165, 1.54) is 18.2 Å². The zero-order valence-electron chi connectivity index (χ0n) is 7.67. The van der Waals surface area contributed by atoms with Crippen LogP contribution >= 0.6 is 15.9 Å². The minimum absolute atomic E-state index is 0.0391. The molecule has 0 spiro atoms. The standard InChI is InChI=1S/C11H6BrFN2/c12-5-9-1-2-11(13)4-10(9)3-8(6-14)7-15/h1-4H,5H2. The van der Waals surface area contributed by atoms with Gasteiger partial charge in [-0.1, -0.05) is 22.0 Å². The molecule has 0 saturated carbocycles. The maximum absolute atomic E-state index is 12.9. The predicted molar refractivity (Wildman–Crippen MR) is 58.2 cm³/mol. The zero-order chi connectivity index (χ0) is 11.3. The van der Waals surface area contributed by atoms with E-state index in [0.29, 0.717) is 10.9 Å². The van der Waals surface area contributed by atoms with Gasteiger partial charge in [-0.3, -0.25) is 0 Å². The molecule has 0 radical (unpaired) electrons. The molecular formula is C11H6BrFN2. The van der Waals surface area contributed by atoms with Gasteiger partial charge in [0.15, 0.2) is 0 Å². The van der Waals surface area contributed by atoms with Crippen molar-refractivity contribution in [1.29, 1.82) is 10.5 Å². The number of rotatable bonds is 2. The Bertz CT molecular complexity index is 464. The molecule has 4 heteroatoms. The van der Waals surface area contributed by atoms with Gasteiger partial charge in [0.05, 0.1) is 0 Å². The van der Waals surface area contributed by atoms with Crippen molar-refractivity contribution >= 4 is 22.0 Å². The average molecular weight is 265 g/mol. The first-order chi connectivity index (χ1) is 7.21. The highest BCUT2D eigenvalue weighted by molar-refractivity contribution is 9.08. The normalized spacial score (nSPS) is 8.80. The van der Waals surface area contributed by atoms with E-state index in [1.54, 1.807) is 18.2 Å². The number of hydrogen-bond donors (Lipinski definition) is 0. The van der Waals surface area contributed by atoms with Gasteiger partial charge >= 0.3 is 0 Å². The summed E-state index contributed by atoms with van der Waals surface area (Å²) in [6.45, 7) is 0. The number of benzene rings is 1. The Morgan fingerprint density at radius 3 is 2.60 bits per heavy atom. The largest absolute Gasteiger partial charge is 0.207 e. The Labute approximate surface area is 95.4 Å². The van der Waals surface area contributed by atoms with Gasteiger partial charge in [0.1, 0.15) is 23.5 Å². The third-order valence-electron chi connectivity index (χ3n) is 1.79. The van der Waals surface area contributed by atoms with Crippen LogP contribution in [0.15, 0.2) is 23.8 Å². The molecule has 0 heterocycles. The van der Waals surface area contributed by atoms with Crippen molar-refractivity contribution in [2.45, 2.75) is 5.33 Å². The van der Waals surface area contributed by atoms with Crippen LogP contribution in [0.5, 0.6) is 0 Å². The van der Waals surface area contributed by atoms with E-state index in [0.717, 1.165) is 5.56 Å². The second-order valence-electron chi connectivity index (χ2n) is 2.76. The molecule has 0 N–H and O–H groups in total. The summed E-state index contributed by atoms with van der Waals surface area (Å²) < 4.78 is 12.9. The zero-order valence-corrected chi connectivity index (χ0v) is 9.25. The van der Waals surface area contributed by atoms with E-state index in [1.807, 2.05) is 0 Å². The van der Waals surface area contributed by atoms with Crippen LogP contribution < -0.4 is 0 Å². The molecule has 0 bridgehead atoms. The van der Waals surface area contributed by atoms with Gasteiger partial charge in [-0.05, 0) is 29.3 Å². The molecule has 0 aliphatic carbocycles. The molecule has 0 amide bonds. The minimum Gasteiger partial charge on any atom is -0.207 e. The molecule has 0 aliphatic rings. The molecular weight excluding hydrogens is 259 g/mol. The number of hydrogen-bond acceptors (Lipinski definition) is 2. The van der Waals surface area contributed by atoms with Crippen molar-refractivity contribution in [2.24, 2.45) is 0 Å². The van der Waals surface area contributed by atoms with Crippen LogP contribution in [0.3, 0.4) is 0 Å². The lowest BCUT2D eigenvalue weighted by atomic mass is 10.1. The first-order valence-electron chi connectivity index (χ1n) is 4.07. The monoisotopic (exact) mass is 264 g/mol. The predicted octanol–water partition coefficient (Wildman–Crippen LogP) is 3.15. The maximum atomic E-state index is 12.9. The Hall–Kier alpha value is -1.65. The van der Waals surface area contributed by atoms with Crippen molar-refractivity contribution in [1.82, 2.24) is 0 Å². The number of allylic oxidation sites excluding steroid dienone is 1. The fraction of sp³-hybridized carbons (Fsp3) is 0.0909. The van der Waals surface area contributed by atoms with Crippen LogP contribution in [0.25, 0.3) is 6.08 Å². The van der Waals surface area contributed by atoms with Gasteiger partial charge in [-0.25, -0.2) is 4.39 Å². The van der Waals surface area contributed by atoms with Gasteiger partial charge in [0.25, 0.3) is 0 Å². The fourth-order valence-corrected chi connectivity index (χ4v) is 1.58. The van der Waals surface area contributed by atoms with Gasteiger partial charge in [0, 0.05) is 5.33 Å². The van der Waals surface area contributed by atoms with Crippen molar-refractivity contribution in [2.75, 3.05) is 0 Å². The fourth-order valence-electron chi connectivity index (χ4n) is 1.07. The minimum atomic E-state index is -0.388. The SMILES string of the molecule is N#CC(C#N)=Cc1cc(F)ccc1CBr. The first-order valence-corrected chi connectivity index (χ1v) is 5.19. The summed E-state index contributed by atoms with van der Waals surface area (Å²) in [5.41, 5.74) is 1.34. The quantitative estimate of drug-likeness (QED) is 0.609. The molecule has 1 aromatic rings. The van der Waals surface area contributed by atoms with E-state index in [-0.39, 0.29) is 11.4 Å². The van der Waals surface area contributed by atoms with E-state index < -0.39 is 0 Å². The first kappa shape index (κ1) is 11.4. The van der Waals surface area contributed by atoms with Gasteiger partial charge in [-0.2, -0.15) is 10.5 Å². The molecule has 2 nitrogen and oxygen atoms in total. The van der Waals surface area contributed by atoms with Gasteiger partial charge in [-0.15, -0.1) is 0 Å². The van der Waals surface area contributed by atoms with E-state index in [9.17, 15) is 4.39 Å². The van der Waals surface area contributed by atoms with E-state index in [4.69, 9.17) is 10.5 Å². The molecule has 0 fully saturated rings. The molecule has 74 valence electrons. The van der Waals surface area contributed by atoms with Gasteiger partial charge in [0.2, 0.25) is 0 Å². The second-order valence-corrected chi connectivity index (χ2v) is 3.32. The molecule has 0 aliphatic heterocycles. The molecule has 0 saturated heterocycles. The number of alkyl halides is 1. The van der Waals surface area contributed by atoms with E-state index in [2.05, 4.69) is 15.9 Å². The van der Waals surface area contributed by atoms with Crippen molar-refractivity contribution in [3.05, 3.63) is 40.7 Å². The van der Waals surface area contributed by atoms with Crippen LogP contribution in [0.4, 0.5) is 4.39 Å². The summed E-state index contributed by atoms with van der Waals surface area (Å²) in [5.74, 6) is -0.388. The number of nitrogens with zero attached hydrogens (tertiary/aromatic N) is 2. The van der Waals surface area contributed by atoms with E-state index >= 15 is 0 Å². The van der Waals surface area contributed by atoms with Crippen LogP contribution in [0.1, 0.15) is 11.1 Å². The average Bonchev–Trinajstić information content (AvgIpc) is 2.26. The lowest BCUT2D eigenvalue weighted by molar-refractivity contribution is 0.627. The lowest BCUT2D eigenvalue weighted by Gasteiger charge is -2.01. The molecule has 0 atom stereocenters. The molecule has 1 rings (SSSR count). The van der Waals surface area contributed by atoms with Crippen LogP contribution in [-0.2, 0) is 5.33 Å². The third-order valence-corrected chi connectivity index (χ3v) is 2.40. The highest BCUT2D eigenvalue weighted by Gasteiger charge is 2.02. The smallest absolute Gasteiger partial charge is 0.130 e. The van der Waals surface area contributed by atoms with Crippen LogP contribution in [-0.4, -0.2) is 0 Å². The summed E-state index contributed by atoms with van der Waals surface area (Å²) in [6.07, 6.45) is 1.37. The van der Waals surface area contributed by atoms with Crippen molar-refractivity contribution < 1.29 is 4.39 Å². The molecule has 1 aromatic carbocycles. The maximum Gasteiger partial charge on any atom is 0.130 e. The number of nitriles is 2. The topological polar surface area (TPSA) is 47.6 Å². The third kappa shape index (κ3) is 2.90. The summed E-state index contributed by atoms with van der Waals surface area (Å²) in [7, 11) is 0. The number of halogens is 2. The second kappa shape index (κ2) is 5.29. The summed E-state index contributed by atoms with van der Waals surface area (Å²) in [5, 5.41) is 17.7. The Balaban J connectivity index is 3.26. The summed E-state index contributed by atoms with van der Waals surface area (Å²) >= 11 is 3.25. The van der Waals surface area contributed by atoms with Gasteiger partial charge < -0.3 is 0 Å². The van der Waals surface area contributed by atoms with Crippen molar-refractivity contribution in [3.63, 3.8) is 0 Å². The molecule has 0 unspecified atom stereocenters. The van der Waals surface area contributed by atoms with Crippen LogP contribution in [0, 0.1) is 28.5 Å².